The molecule has 0 aliphatic rings. The summed E-state index contributed by atoms with van der Waals surface area (Å²) in [6.07, 6.45) is 2.45. The van der Waals surface area contributed by atoms with E-state index in [9.17, 15) is 13.2 Å². The molecule has 0 saturated carbocycles. The Morgan fingerprint density at radius 1 is 1.22 bits per heavy atom. The topological polar surface area (TPSA) is 60.4 Å². The number of rotatable bonds is 3. The van der Waals surface area contributed by atoms with Crippen molar-refractivity contribution < 1.29 is 17.4 Å². The molecule has 0 N–H and O–H groups in total. The fourth-order valence-corrected chi connectivity index (χ4v) is 1.77. The Bertz CT molecular complexity index is 480. The van der Waals surface area contributed by atoms with Crippen LogP contribution in [-0.2, 0) is 19.1 Å². The summed E-state index contributed by atoms with van der Waals surface area (Å²) < 4.78 is 27.2. The summed E-state index contributed by atoms with van der Waals surface area (Å²) in [4.78, 5) is 15.5. The summed E-state index contributed by atoms with van der Waals surface area (Å²) in [5.74, 6) is -0.902. The third-order valence-electron chi connectivity index (χ3n) is 1.53. The molecule has 0 aromatic heterocycles. The van der Waals surface area contributed by atoms with Crippen molar-refractivity contribution in [1.82, 2.24) is 0 Å². The van der Waals surface area contributed by atoms with E-state index in [1.807, 2.05) is 0 Å². The van der Waals surface area contributed by atoms with Crippen LogP contribution < -0.4 is 0 Å². The predicted molar refractivity (Wildman–Crippen MR) is 72.0 cm³/mol. The first-order valence-electron chi connectivity index (χ1n) is 5.22. The van der Waals surface area contributed by atoms with E-state index in [0.717, 1.165) is 6.08 Å². The van der Waals surface area contributed by atoms with Gasteiger partial charge in [-0.05, 0) is 19.1 Å². The summed E-state index contributed by atoms with van der Waals surface area (Å²) in [6.45, 7) is 1.59. The second kappa shape index (κ2) is 9.15. The second-order valence-corrected chi connectivity index (χ2v) is 7.57. The van der Waals surface area contributed by atoms with Crippen molar-refractivity contribution >= 4 is 37.2 Å². The fourth-order valence-electron chi connectivity index (χ4n) is 0.907. The average Bonchev–Trinajstić information content (AvgIpc) is 2.31. The van der Waals surface area contributed by atoms with Gasteiger partial charge < -0.3 is 4.18 Å². The Morgan fingerprint density at radius 2 is 1.72 bits per heavy atom. The van der Waals surface area contributed by atoms with Crippen LogP contribution in [0.4, 0.5) is 0 Å². The Kier molecular flexibility index (Phi) is 8.74. The number of hydrogen-bond donors (Lipinski definition) is 0. The summed E-state index contributed by atoms with van der Waals surface area (Å²) in [5.41, 5.74) is 0. The van der Waals surface area contributed by atoms with Gasteiger partial charge in [0.15, 0.2) is 0 Å². The summed E-state index contributed by atoms with van der Waals surface area (Å²) in [6, 6.07) is 7.50. The molecule has 0 amide bonds. The predicted octanol–water partition coefficient (Wildman–Crippen LogP) is 2.28. The van der Waals surface area contributed by atoms with Gasteiger partial charge in [0.25, 0.3) is 0 Å². The average molecular weight is 375 g/mol. The fraction of sp³-hybridized carbons (Fsp3) is 0.250. The zero-order chi connectivity index (χ0) is 14.0. The Hall–Kier alpha value is -0.821. The van der Waals surface area contributed by atoms with Gasteiger partial charge in [0, 0.05) is 6.08 Å². The molecule has 1 rings (SSSR count). The number of benzene rings is 1. The molecule has 98 valence electrons. The van der Waals surface area contributed by atoms with Crippen LogP contribution in [0.2, 0.25) is 9.88 Å². The van der Waals surface area contributed by atoms with Crippen molar-refractivity contribution in [1.29, 1.82) is 0 Å². The first-order chi connectivity index (χ1) is 8.47. The Labute approximate surface area is 118 Å². The number of carbonyl (C=O) groups excluding carboxylic acids is 1. The van der Waals surface area contributed by atoms with E-state index in [1.165, 1.54) is 18.2 Å². The van der Waals surface area contributed by atoms with E-state index in [0.29, 0.717) is 0 Å². The normalized spacial score (nSPS) is 10.6. The molecule has 1 aromatic carbocycles. The molecule has 4 nitrogen and oxygen atoms in total. The zero-order valence-corrected chi connectivity index (χ0v) is 14.3. The van der Waals surface area contributed by atoms with E-state index in [-0.39, 0.29) is 26.0 Å². The zero-order valence-electron chi connectivity index (χ0n) is 10.6. The SMILES string of the molecule is CC=CC(=O)OS(=O)(=O)c1ccccc1.[CH3][Sn][CH3]. The maximum atomic E-state index is 11.4. The van der Waals surface area contributed by atoms with Crippen LogP contribution >= 0.6 is 0 Å². The third kappa shape index (κ3) is 6.80. The van der Waals surface area contributed by atoms with E-state index >= 15 is 0 Å². The Balaban J connectivity index is 0.000000873. The van der Waals surface area contributed by atoms with Crippen LogP contribution in [0.1, 0.15) is 6.92 Å². The van der Waals surface area contributed by atoms with Crippen LogP contribution in [0.15, 0.2) is 47.4 Å². The molecular formula is C12H16O4SSn. The van der Waals surface area contributed by atoms with E-state index in [1.54, 1.807) is 25.1 Å². The second-order valence-electron chi connectivity index (χ2n) is 3.17. The number of carbonyl (C=O) groups is 1. The molecule has 0 spiro atoms. The number of allylic oxidation sites excluding steroid dienone is 1. The minimum atomic E-state index is -3.98. The summed E-state index contributed by atoms with van der Waals surface area (Å²) in [7, 11) is -3.98. The van der Waals surface area contributed by atoms with E-state index in [4.69, 9.17) is 0 Å². The van der Waals surface area contributed by atoms with Gasteiger partial charge in [-0.1, -0.05) is 24.3 Å². The van der Waals surface area contributed by atoms with Gasteiger partial charge in [0.1, 0.15) is 4.90 Å². The van der Waals surface area contributed by atoms with Crippen molar-refractivity contribution in [2.45, 2.75) is 21.7 Å². The molecule has 0 unspecified atom stereocenters. The van der Waals surface area contributed by atoms with Gasteiger partial charge in [-0.25, -0.2) is 4.79 Å². The molecule has 0 fully saturated rings. The van der Waals surface area contributed by atoms with Gasteiger partial charge in [-0.2, -0.15) is 8.42 Å². The van der Waals surface area contributed by atoms with Crippen molar-refractivity contribution in [2.75, 3.05) is 0 Å². The summed E-state index contributed by atoms with van der Waals surface area (Å²) >= 11 is 0.230. The summed E-state index contributed by atoms with van der Waals surface area (Å²) in [5, 5.41) is 0. The molecule has 0 heterocycles. The van der Waals surface area contributed by atoms with Crippen molar-refractivity contribution in [3.63, 3.8) is 0 Å². The van der Waals surface area contributed by atoms with Crippen LogP contribution in [0.5, 0.6) is 0 Å². The Morgan fingerprint density at radius 3 is 2.17 bits per heavy atom. The quantitative estimate of drug-likeness (QED) is 0.462. The first-order valence-corrected chi connectivity index (χ1v) is 12.3. The molecular weight excluding hydrogens is 359 g/mol. The van der Waals surface area contributed by atoms with Gasteiger partial charge in [-0.3, -0.25) is 0 Å². The number of hydrogen-bond acceptors (Lipinski definition) is 4. The van der Waals surface area contributed by atoms with Gasteiger partial charge in [0.2, 0.25) is 0 Å². The van der Waals surface area contributed by atoms with E-state index in [2.05, 4.69) is 14.1 Å². The van der Waals surface area contributed by atoms with Gasteiger partial charge >= 0.3 is 47.1 Å². The van der Waals surface area contributed by atoms with Crippen LogP contribution in [0, 0.1) is 0 Å². The molecule has 1 aromatic rings. The van der Waals surface area contributed by atoms with E-state index < -0.39 is 16.1 Å². The molecule has 0 bridgehead atoms. The van der Waals surface area contributed by atoms with Crippen molar-refractivity contribution in [3.05, 3.63) is 42.5 Å². The molecule has 6 heteroatoms. The molecule has 0 saturated heterocycles. The van der Waals surface area contributed by atoms with Crippen molar-refractivity contribution in [2.24, 2.45) is 0 Å². The molecule has 0 atom stereocenters. The van der Waals surface area contributed by atoms with Crippen LogP contribution in [0.3, 0.4) is 0 Å². The standard InChI is InChI=1S/C10H10O4S.2CH3.Sn/c1-2-6-10(11)14-15(12,13)9-7-4-3-5-8-9;;;/h2-8H,1H3;2*1H3;. The van der Waals surface area contributed by atoms with Crippen LogP contribution in [-0.4, -0.2) is 35.5 Å². The maximum absolute atomic E-state index is 11.4. The molecule has 2 radical (unpaired) electrons. The molecule has 18 heavy (non-hydrogen) atoms. The monoisotopic (exact) mass is 376 g/mol. The van der Waals surface area contributed by atoms with Crippen molar-refractivity contribution in [3.8, 4) is 0 Å². The molecule has 0 aliphatic carbocycles. The molecule has 0 aliphatic heterocycles. The van der Waals surface area contributed by atoms with Gasteiger partial charge in [-0.15, -0.1) is 0 Å². The minimum absolute atomic E-state index is 0.0390. The first kappa shape index (κ1) is 17.2. The van der Waals surface area contributed by atoms with Crippen LogP contribution in [0.25, 0.3) is 0 Å². The third-order valence-corrected chi connectivity index (χ3v) is 2.76. The van der Waals surface area contributed by atoms with Gasteiger partial charge in [0.05, 0.1) is 0 Å².